The first-order valence-electron chi connectivity index (χ1n) is 4.66. The molecule has 84 valence electrons. The molecule has 0 aliphatic heterocycles. The lowest BCUT2D eigenvalue weighted by Gasteiger charge is -1.98. The smallest absolute Gasteiger partial charge is 0.246 e. The number of aromatic nitrogens is 2. The first-order chi connectivity index (χ1) is 7.70. The average Bonchev–Trinajstić information content (AvgIpc) is 2.78. The summed E-state index contributed by atoms with van der Waals surface area (Å²) in [6.07, 6.45) is 0. The quantitative estimate of drug-likeness (QED) is 0.845. The van der Waals surface area contributed by atoms with Gasteiger partial charge in [0.05, 0.1) is 6.61 Å². The van der Waals surface area contributed by atoms with Crippen molar-refractivity contribution in [1.82, 2.24) is 10.1 Å². The zero-order chi connectivity index (χ0) is 11.5. The second-order valence-electron chi connectivity index (χ2n) is 3.25. The number of nitrogens with two attached hydrogens (primary N) is 1. The van der Waals surface area contributed by atoms with Crippen molar-refractivity contribution in [2.45, 2.75) is 6.04 Å². The number of aliphatic hydroxyl groups is 1. The van der Waals surface area contributed by atoms with Crippen LogP contribution in [0.4, 0.5) is 0 Å². The molecule has 1 heterocycles. The van der Waals surface area contributed by atoms with Gasteiger partial charge in [-0.05, 0) is 24.3 Å². The predicted octanol–water partition coefficient (Wildman–Crippen LogP) is 1.38. The summed E-state index contributed by atoms with van der Waals surface area (Å²) in [5, 5.41) is 13.2. The summed E-state index contributed by atoms with van der Waals surface area (Å²) in [5.74, 6) is 0.642. The summed E-state index contributed by atoms with van der Waals surface area (Å²) in [5.41, 5.74) is 6.32. The van der Waals surface area contributed by atoms with E-state index in [4.69, 9.17) is 27.0 Å². The predicted molar refractivity (Wildman–Crippen MR) is 58.8 cm³/mol. The minimum absolute atomic E-state index is 0.215. The first-order valence-corrected chi connectivity index (χ1v) is 5.04. The Labute approximate surface area is 96.8 Å². The standard InChI is InChI=1S/C10H10ClN3O2/c11-7-3-1-6(2-4-7)9-13-10(16-14-9)8(12)5-15/h1-4,8,15H,5,12H2/t8-/m1/s1. The highest BCUT2D eigenvalue weighted by Crippen LogP contribution is 2.19. The van der Waals surface area contributed by atoms with E-state index in [0.29, 0.717) is 10.8 Å². The molecule has 0 aliphatic carbocycles. The molecule has 0 unspecified atom stereocenters. The molecule has 0 aliphatic rings. The lowest BCUT2D eigenvalue weighted by atomic mass is 10.2. The van der Waals surface area contributed by atoms with E-state index in [9.17, 15) is 0 Å². The fraction of sp³-hybridized carbons (Fsp3) is 0.200. The van der Waals surface area contributed by atoms with E-state index in [2.05, 4.69) is 10.1 Å². The van der Waals surface area contributed by atoms with Crippen LogP contribution in [0.5, 0.6) is 0 Å². The zero-order valence-electron chi connectivity index (χ0n) is 8.30. The van der Waals surface area contributed by atoms with E-state index in [1.165, 1.54) is 0 Å². The van der Waals surface area contributed by atoms with E-state index < -0.39 is 6.04 Å². The number of nitrogens with zero attached hydrogens (tertiary/aromatic N) is 2. The highest BCUT2D eigenvalue weighted by atomic mass is 35.5. The molecule has 1 aromatic carbocycles. The van der Waals surface area contributed by atoms with Gasteiger partial charge in [0, 0.05) is 10.6 Å². The Kier molecular flexibility index (Phi) is 3.19. The minimum Gasteiger partial charge on any atom is -0.394 e. The summed E-state index contributed by atoms with van der Waals surface area (Å²) in [6, 6.07) is 6.38. The van der Waals surface area contributed by atoms with Gasteiger partial charge in [-0.3, -0.25) is 0 Å². The molecule has 0 bridgehead atoms. The maximum Gasteiger partial charge on any atom is 0.246 e. The summed E-state index contributed by atoms with van der Waals surface area (Å²) in [7, 11) is 0. The molecule has 0 saturated carbocycles. The molecule has 0 amide bonds. The average molecular weight is 240 g/mol. The summed E-state index contributed by atoms with van der Waals surface area (Å²) < 4.78 is 4.92. The Morgan fingerprint density at radius 2 is 2.06 bits per heavy atom. The fourth-order valence-corrected chi connectivity index (χ4v) is 1.31. The molecule has 0 fully saturated rings. The van der Waals surface area contributed by atoms with Crippen molar-refractivity contribution in [3.63, 3.8) is 0 Å². The number of benzene rings is 1. The second kappa shape index (κ2) is 4.61. The van der Waals surface area contributed by atoms with Gasteiger partial charge in [-0.25, -0.2) is 0 Å². The lowest BCUT2D eigenvalue weighted by molar-refractivity contribution is 0.237. The van der Waals surface area contributed by atoms with E-state index in [1.54, 1.807) is 24.3 Å². The molecule has 16 heavy (non-hydrogen) atoms. The molecule has 5 nitrogen and oxygen atoms in total. The van der Waals surface area contributed by atoms with E-state index in [1.807, 2.05) is 0 Å². The number of halogens is 1. The third-order valence-corrected chi connectivity index (χ3v) is 2.31. The van der Waals surface area contributed by atoms with Crippen molar-refractivity contribution < 1.29 is 9.63 Å². The van der Waals surface area contributed by atoms with E-state index in [0.717, 1.165) is 5.56 Å². The third-order valence-electron chi connectivity index (χ3n) is 2.06. The molecule has 3 N–H and O–H groups in total. The topological polar surface area (TPSA) is 85.2 Å². The molecule has 0 saturated heterocycles. The second-order valence-corrected chi connectivity index (χ2v) is 3.69. The van der Waals surface area contributed by atoms with Crippen LogP contribution in [-0.2, 0) is 0 Å². The summed E-state index contributed by atoms with van der Waals surface area (Å²) >= 11 is 5.76. The van der Waals surface area contributed by atoms with Gasteiger partial charge in [-0.1, -0.05) is 16.8 Å². The van der Waals surface area contributed by atoms with Crippen LogP contribution in [0.2, 0.25) is 5.02 Å². The molecular weight excluding hydrogens is 230 g/mol. The van der Waals surface area contributed by atoms with Crippen molar-refractivity contribution in [1.29, 1.82) is 0 Å². The van der Waals surface area contributed by atoms with Crippen LogP contribution < -0.4 is 5.73 Å². The van der Waals surface area contributed by atoms with Gasteiger partial charge in [-0.15, -0.1) is 0 Å². The van der Waals surface area contributed by atoms with Gasteiger partial charge in [-0.2, -0.15) is 4.98 Å². The maximum atomic E-state index is 8.83. The highest BCUT2D eigenvalue weighted by molar-refractivity contribution is 6.30. The number of hydrogen-bond donors (Lipinski definition) is 2. The molecule has 2 rings (SSSR count). The van der Waals surface area contributed by atoms with Gasteiger partial charge in [0.1, 0.15) is 6.04 Å². The van der Waals surface area contributed by atoms with Gasteiger partial charge < -0.3 is 15.4 Å². The van der Waals surface area contributed by atoms with Gasteiger partial charge in [0.25, 0.3) is 0 Å². The maximum absolute atomic E-state index is 8.83. The van der Waals surface area contributed by atoms with Crippen molar-refractivity contribution in [3.8, 4) is 11.4 Å². The van der Waals surface area contributed by atoms with E-state index in [-0.39, 0.29) is 12.5 Å². The Balaban J connectivity index is 2.28. The Bertz CT molecular complexity index is 469. The number of hydrogen-bond acceptors (Lipinski definition) is 5. The third kappa shape index (κ3) is 2.21. The van der Waals surface area contributed by atoms with Crippen LogP contribution in [0.15, 0.2) is 28.8 Å². The normalized spacial score (nSPS) is 12.7. The minimum atomic E-state index is -0.645. The van der Waals surface area contributed by atoms with E-state index >= 15 is 0 Å². The summed E-state index contributed by atoms with van der Waals surface area (Å²) in [6.45, 7) is -0.234. The zero-order valence-corrected chi connectivity index (χ0v) is 9.05. The SMILES string of the molecule is N[C@H](CO)c1nc(-c2ccc(Cl)cc2)no1. The van der Waals surface area contributed by atoms with Crippen molar-refractivity contribution in [2.24, 2.45) is 5.73 Å². The Hall–Kier alpha value is -1.43. The van der Waals surface area contributed by atoms with Crippen LogP contribution in [0, 0.1) is 0 Å². The number of aliphatic hydroxyl groups excluding tert-OH is 1. The van der Waals surface area contributed by atoms with Crippen LogP contribution in [-0.4, -0.2) is 21.9 Å². The summed E-state index contributed by atoms with van der Waals surface area (Å²) in [4.78, 5) is 4.08. The Morgan fingerprint density at radius 1 is 1.38 bits per heavy atom. The first kappa shape index (κ1) is 11.1. The van der Waals surface area contributed by atoms with Crippen molar-refractivity contribution in [3.05, 3.63) is 35.2 Å². The molecule has 0 radical (unpaired) electrons. The van der Waals surface area contributed by atoms with Crippen LogP contribution in [0.1, 0.15) is 11.9 Å². The van der Waals surface area contributed by atoms with Crippen LogP contribution in [0.3, 0.4) is 0 Å². The molecule has 0 spiro atoms. The largest absolute Gasteiger partial charge is 0.394 e. The number of rotatable bonds is 3. The monoisotopic (exact) mass is 239 g/mol. The van der Waals surface area contributed by atoms with Crippen molar-refractivity contribution in [2.75, 3.05) is 6.61 Å². The fourth-order valence-electron chi connectivity index (χ4n) is 1.18. The van der Waals surface area contributed by atoms with Gasteiger partial charge in [0.2, 0.25) is 11.7 Å². The lowest BCUT2D eigenvalue weighted by Crippen LogP contribution is -2.14. The van der Waals surface area contributed by atoms with Gasteiger partial charge >= 0.3 is 0 Å². The van der Waals surface area contributed by atoms with Gasteiger partial charge in [0.15, 0.2) is 0 Å². The molecule has 1 aromatic heterocycles. The van der Waals surface area contributed by atoms with Crippen LogP contribution in [0.25, 0.3) is 11.4 Å². The molecule has 2 aromatic rings. The molecular formula is C10H10ClN3O2. The van der Waals surface area contributed by atoms with Crippen LogP contribution >= 0.6 is 11.6 Å². The van der Waals surface area contributed by atoms with Crippen molar-refractivity contribution >= 4 is 11.6 Å². The highest BCUT2D eigenvalue weighted by Gasteiger charge is 2.14. The Morgan fingerprint density at radius 3 is 2.69 bits per heavy atom. The molecule has 6 heteroatoms. The molecule has 1 atom stereocenters.